The van der Waals surface area contributed by atoms with Gasteiger partial charge in [0.2, 0.25) is 0 Å². The molecule has 2 heterocycles. The number of aromatic amines is 1. The van der Waals surface area contributed by atoms with E-state index in [1.807, 2.05) is 29.8 Å². The molecule has 2 aromatic heterocycles. The third-order valence-electron chi connectivity index (χ3n) is 2.45. The van der Waals surface area contributed by atoms with Crippen LogP contribution in [0.15, 0.2) is 48.0 Å². The van der Waals surface area contributed by atoms with Crippen molar-refractivity contribution in [1.29, 1.82) is 0 Å². The first-order valence-electron chi connectivity index (χ1n) is 5.18. The van der Waals surface area contributed by atoms with E-state index in [1.54, 1.807) is 17.4 Å². The van der Waals surface area contributed by atoms with Gasteiger partial charge >= 0.3 is 0 Å². The van der Waals surface area contributed by atoms with Gasteiger partial charge in [0.15, 0.2) is 0 Å². The Balaban J connectivity index is 0.00000120. The Morgan fingerprint density at radius 2 is 2.06 bits per heavy atom. The summed E-state index contributed by atoms with van der Waals surface area (Å²) in [6, 6.07) is 10.4. The van der Waals surface area contributed by atoms with Crippen molar-refractivity contribution in [2.75, 3.05) is 0 Å². The van der Waals surface area contributed by atoms with Gasteiger partial charge in [0, 0.05) is 17.1 Å². The Kier molecular flexibility index (Phi) is 3.93. The molecule has 18 heavy (non-hydrogen) atoms. The van der Waals surface area contributed by atoms with Crippen molar-refractivity contribution in [2.45, 2.75) is 0 Å². The first-order valence-corrected chi connectivity index (χ1v) is 6.06. The van der Waals surface area contributed by atoms with Crippen molar-refractivity contribution in [3.05, 3.63) is 53.8 Å². The van der Waals surface area contributed by atoms with Gasteiger partial charge in [0.05, 0.1) is 11.4 Å². The molecular weight excluding hydrogens is 315 g/mol. The minimum Gasteiger partial charge on any atom is -0.359 e. The van der Waals surface area contributed by atoms with Crippen molar-refractivity contribution < 1.29 is 4.39 Å². The lowest BCUT2D eigenvalue weighted by molar-refractivity contribution is 0.628. The maximum atomic E-state index is 13.1. The van der Waals surface area contributed by atoms with Crippen LogP contribution in [0, 0.1) is 5.82 Å². The van der Waals surface area contributed by atoms with E-state index in [0.717, 1.165) is 22.0 Å². The van der Waals surface area contributed by atoms with E-state index in [-0.39, 0.29) is 22.8 Å². The topological polar surface area (TPSA) is 28.7 Å². The van der Waals surface area contributed by atoms with Gasteiger partial charge in [-0.3, -0.25) is 0 Å². The van der Waals surface area contributed by atoms with Gasteiger partial charge in [-0.1, -0.05) is 12.1 Å². The van der Waals surface area contributed by atoms with E-state index in [0.29, 0.717) is 0 Å². The van der Waals surface area contributed by atoms with Crippen LogP contribution in [-0.2, 0) is 0 Å². The quantitative estimate of drug-likeness (QED) is 0.737. The Morgan fingerprint density at radius 1 is 1.17 bits per heavy atom. The maximum Gasteiger partial charge on any atom is 0.140 e. The molecule has 92 valence electrons. The van der Waals surface area contributed by atoms with Gasteiger partial charge in [-0.15, -0.1) is 28.3 Å². The number of hydrogen-bond donors (Lipinski definition) is 1. The number of halogens is 2. The molecule has 0 spiro atoms. The lowest BCUT2D eigenvalue weighted by Crippen LogP contribution is -1.81. The lowest BCUT2D eigenvalue weighted by Gasteiger charge is -1.95. The molecule has 3 aromatic rings. The number of thiazole rings is 1. The predicted molar refractivity (Wildman–Crippen MR) is 77.6 cm³/mol. The summed E-state index contributed by atoms with van der Waals surface area (Å²) in [5, 5.41) is 2.85. The fourth-order valence-electron chi connectivity index (χ4n) is 1.64. The van der Waals surface area contributed by atoms with E-state index in [4.69, 9.17) is 0 Å². The normalized spacial score (nSPS) is 10.1. The van der Waals surface area contributed by atoms with Crippen LogP contribution in [0.3, 0.4) is 0 Å². The Labute approximate surface area is 118 Å². The zero-order valence-corrected chi connectivity index (χ0v) is 11.8. The summed E-state index contributed by atoms with van der Waals surface area (Å²) in [6.45, 7) is 0. The molecule has 0 saturated carbocycles. The molecule has 0 aliphatic heterocycles. The Morgan fingerprint density at radius 3 is 2.78 bits per heavy atom. The number of hydrogen-bond acceptors (Lipinski definition) is 2. The third-order valence-corrected chi connectivity index (χ3v) is 3.33. The van der Waals surface area contributed by atoms with Crippen LogP contribution in [-0.4, -0.2) is 9.97 Å². The molecule has 0 saturated heterocycles. The highest BCUT2D eigenvalue weighted by molar-refractivity contribution is 8.93. The number of aromatic nitrogens is 2. The lowest BCUT2D eigenvalue weighted by atomic mass is 10.2. The molecule has 0 amide bonds. The molecule has 1 aromatic carbocycles. The largest absolute Gasteiger partial charge is 0.359 e. The van der Waals surface area contributed by atoms with Crippen LogP contribution in [0.5, 0.6) is 0 Å². The van der Waals surface area contributed by atoms with Crippen molar-refractivity contribution in [3.8, 4) is 22.0 Å². The molecular formula is C13H10BrFN2S. The van der Waals surface area contributed by atoms with Crippen LogP contribution in [0.2, 0.25) is 0 Å². The minimum atomic E-state index is -0.239. The second kappa shape index (κ2) is 5.46. The van der Waals surface area contributed by atoms with Crippen LogP contribution in [0.1, 0.15) is 0 Å². The number of benzene rings is 1. The summed E-state index contributed by atoms with van der Waals surface area (Å²) < 4.78 is 13.1. The monoisotopic (exact) mass is 324 g/mol. The van der Waals surface area contributed by atoms with E-state index < -0.39 is 0 Å². The Bertz CT molecular complexity index is 634. The van der Waals surface area contributed by atoms with Crippen molar-refractivity contribution in [3.63, 3.8) is 0 Å². The number of rotatable bonds is 2. The van der Waals surface area contributed by atoms with Gasteiger partial charge in [0.25, 0.3) is 0 Å². The predicted octanol–water partition coefficient (Wildman–Crippen LogP) is 4.52. The van der Waals surface area contributed by atoms with Gasteiger partial charge in [0.1, 0.15) is 10.8 Å². The molecule has 0 atom stereocenters. The SMILES string of the molecule is Br.Fc1cccc(-c2csc(-c3ccc[nH]3)n2)c1. The molecule has 2 nitrogen and oxygen atoms in total. The highest BCUT2D eigenvalue weighted by Crippen LogP contribution is 2.27. The van der Waals surface area contributed by atoms with Gasteiger partial charge in [-0.05, 0) is 24.3 Å². The summed E-state index contributed by atoms with van der Waals surface area (Å²) in [7, 11) is 0. The van der Waals surface area contributed by atoms with E-state index in [9.17, 15) is 4.39 Å². The highest BCUT2D eigenvalue weighted by Gasteiger charge is 2.07. The first-order chi connectivity index (χ1) is 8.33. The van der Waals surface area contributed by atoms with Crippen LogP contribution >= 0.6 is 28.3 Å². The van der Waals surface area contributed by atoms with Crippen molar-refractivity contribution in [2.24, 2.45) is 0 Å². The summed E-state index contributed by atoms with van der Waals surface area (Å²) >= 11 is 1.54. The molecule has 3 rings (SSSR count). The smallest absolute Gasteiger partial charge is 0.140 e. The summed E-state index contributed by atoms with van der Waals surface area (Å²) in [4.78, 5) is 7.59. The zero-order chi connectivity index (χ0) is 11.7. The molecule has 1 N–H and O–H groups in total. The van der Waals surface area contributed by atoms with Gasteiger partial charge in [-0.2, -0.15) is 0 Å². The summed E-state index contributed by atoms with van der Waals surface area (Å²) in [5.74, 6) is -0.239. The molecule has 0 aliphatic carbocycles. The molecule has 0 unspecified atom stereocenters. The molecule has 0 radical (unpaired) electrons. The van der Waals surface area contributed by atoms with Gasteiger partial charge < -0.3 is 4.98 Å². The summed E-state index contributed by atoms with van der Waals surface area (Å²) in [6.07, 6.45) is 1.86. The first kappa shape index (κ1) is 13.0. The standard InChI is InChI=1S/C13H9FN2S.BrH/c14-10-4-1-3-9(7-10)12-8-17-13(16-12)11-5-2-6-15-11;/h1-8,15H;1H. The fraction of sp³-hybridized carbons (Fsp3) is 0. The second-order valence-corrected chi connectivity index (χ2v) is 4.49. The average Bonchev–Trinajstić information content (AvgIpc) is 3.00. The highest BCUT2D eigenvalue weighted by atomic mass is 79.9. The van der Waals surface area contributed by atoms with Gasteiger partial charge in [-0.25, -0.2) is 9.37 Å². The second-order valence-electron chi connectivity index (χ2n) is 3.63. The summed E-state index contributed by atoms with van der Waals surface area (Å²) in [5.41, 5.74) is 2.59. The van der Waals surface area contributed by atoms with E-state index in [2.05, 4.69) is 9.97 Å². The van der Waals surface area contributed by atoms with E-state index in [1.165, 1.54) is 12.1 Å². The average molecular weight is 325 g/mol. The van der Waals surface area contributed by atoms with Crippen LogP contribution < -0.4 is 0 Å². The maximum absolute atomic E-state index is 13.1. The van der Waals surface area contributed by atoms with Crippen LogP contribution in [0.25, 0.3) is 22.0 Å². The number of nitrogens with zero attached hydrogens (tertiary/aromatic N) is 1. The van der Waals surface area contributed by atoms with Crippen LogP contribution in [0.4, 0.5) is 4.39 Å². The molecule has 0 fully saturated rings. The fourth-order valence-corrected chi connectivity index (χ4v) is 2.46. The molecule has 5 heteroatoms. The zero-order valence-electron chi connectivity index (χ0n) is 9.26. The van der Waals surface area contributed by atoms with Crippen molar-refractivity contribution >= 4 is 28.3 Å². The molecule has 0 aliphatic rings. The third kappa shape index (κ3) is 2.52. The molecule has 0 bridgehead atoms. The van der Waals surface area contributed by atoms with Crippen molar-refractivity contribution in [1.82, 2.24) is 9.97 Å². The number of nitrogens with one attached hydrogen (secondary N) is 1. The number of H-pyrrole nitrogens is 1. The Hall–Kier alpha value is -1.46. The van der Waals surface area contributed by atoms with E-state index >= 15 is 0 Å². The minimum absolute atomic E-state index is 0.